The van der Waals surface area contributed by atoms with Crippen molar-refractivity contribution >= 4 is 24.0 Å². The van der Waals surface area contributed by atoms with Gasteiger partial charge < -0.3 is 10.0 Å². The van der Waals surface area contributed by atoms with E-state index >= 15 is 0 Å². The number of halogens is 2. The Bertz CT molecular complexity index is 129. The molecule has 0 aliphatic rings. The summed E-state index contributed by atoms with van der Waals surface area (Å²) in [5.74, 6) is 0. The molecule has 0 bridgehead atoms. The predicted octanol–water partition coefficient (Wildman–Crippen LogP) is 2.91. The summed E-state index contributed by atoms with van der Waals surface area (Å²) in [6, 6.07) is 0.414. The first-order chi connectivity index (χ1) is 6.51. The molecular formula is C11H25Cl2NO. The van der Waals surface area contributed by atoms with Gasteiger partial charge in [0, 0.05) is 11.4 Å². The molecule has 15 heavy (non-hydrogen) atoms. The lowest BCUT2D eigenvalue weighted by Crippen LogP contribution is -2.38. The van der Waals surface area contributed by atoms with Crippen LogP contribution in [0.4, 0.5) is 0 Å². The second-order valence-corrected chi connectivity index (χ2v) is 4.72. The zero-order valence-electron chi connectivity index (χ0n) is 10.2. The van der Waals surface area contributed by atoms with Crippen LogP contribution in [0.3, 0.4) is 0 Å². The first-order valence-corrected chi connectivity index (χ1v) is 6.01. The van der Waals surface area contributed by atoms with E-state index in [9.17, 15) is 5.11 Å². The lowest BCUT2D eigenvalue weighted by atomic mass is 10.0. The van der Waals surface area contributed by atoms with Crippen LogP contribution < -0.4 is 0 Å². The molecule has 0 radical (unpaired) electrons. The van der Waals surface area contributed by atoms with Gasteiger partial charge in [-0.3, -0.25) is 0 Å². The van der Waals surface area contributed by atoms with Gasteiger partial charge in [0.2, 0.25) is 0 Å². The molecule has 0 saturated carbocycles. The van der Waals surface area contributed by atoms with Gasteiger partial charge in [-0.15, -0.1) is 24.0 Å². The maximum Gasteiger partial charge on any atom is 0.0527 e. The summed E-state index contributed by atoms with van der Waals surface area (Å²) in [5.41, 5.74) is 0. The molecular weight excluding hydrogens is 233 g/mol. The minimum absolute atomic E-state index is 0. The fraction of sp³-hybridized carbons (Fsp3) is 1.00. The van der Waals surface area contributed by atoms with Gasteiger partial charge in [-0.05, 0) is 39.8 Å². The van der Waals surface area contributed by atoms with Gasteiger partial charge in [0.15, 0.2) is 0 Å². The largest absolute Gasteiger partial charge is 0.393 e. The van der Waals surface area contributed by atoms with E-state index in [2.05, 4.69) is 18.7 Å². The minimum Gasteiger partial charge on any atom is -0.393 e. The summed E-state index contributed by atoms with van der Waals surface area (Å²) < 4.78 is 0. The Balaban J connectivity index is 0. The van der Waals surface area contributed by atoms with Gasteiger partial charge in [0.25, 0.3) is 0 Å². The number of hydrogen-bond acceptors (Lipinski definition) is 2. The molecule has 1 N–H and O–H groups in total. The highest BCUT2D eigenvalue weighted by Crippen LogP contribution is 2.16. The Labute approximate surface area is 105 Å². The van der Waals surface area contributed by atoms with E-state index in [-0.39, 0.29) is 23.9 Å². The zero-order chi connectivity index (χ0) is 11.1. The van der Waals surface area contributed by atoms with Crippen LogP contribution in [0, 0.1) is 0 Å². The molecule has 0 fully saturated rings. The van der Waals surface area contributed by atoms with Crippen molar-refractivity contribution in [2.24, 2.45) is 0 Å². The van der Waals surface area contributed by atoms with Crippen molar-refractivity contribution in [2.45, 2.75) is 58.1 Å². The Morgan fingerprint density at radius 2 is 1.60 bits per heavy atom. The van der Waals surface area contributed by atoms with Crippen molar-refractivity contribution in [1.29, 1.82) is 0 Å². The molecule has 0 aliphatic carbocycles. The summed E-state index contributed by atoms with van der Waals surface area (Å²) in [4.78, 5) is 2.37. The molecule has 0 amide bonds. The quantitative estimate of drug-likeness (QED) is 0.710. The molecule has 0 aromatic rings. The molecule has 0 heterocycles. The Morgan fingerprint density at radius 1 is 1.13 bits per heavy atom. The van der Waals surface area contributed by atoms with Gasteiger partial charge in [-0.25, -0.2) is 0 Å². The smallest absolute Gasteiger partial charge is 0.0527 e. The third-order valence-electron chi connectivity index (χ3n) is 2.54. The van der Waals surface area contributed by atoms with Crippen molar-refractivity contribution in [3.8, 4) is 0 Å². The number of rotatable bonds is 7. The standard InChI is InChI=1S/C11H24ClNO.ClH/c1-5-13(6-2)11(7-9(3)12)8-10(4)14;/h9-11,14H,5-8H2,1-4H3;1H. The van der Waals surface area contributed by atoms with Crippen LogP contribution in [0.5, 0.6) is 0 Å². The van der Waals surface area contributed by atoms with Crippen molar-refractivity contribution < 1.29 is 5.11 Å². The summed E-state index contributed by atoms with van der Waals surface area (Å²) in [5, 5.41) is 9.59. The summed E-state index contributed by atoms with van der Waals surface area (Å²) >= 11 is 6.01. The van der Waals surface area contributed by atoms with Crippen LogP contribution in [0.2, 0.25) is 0 Å². The van der Waals surface area contributed by atoms with Gasteiger partial charge in [-0.2, -0.15) is 0 Å². The number of aliphatic hydroxyl groups is 1. The Kier molecular flexibility index (Phi) is 11.6. The molecule has 3 unspecified atom stereocenters. The highest BCUT2D eigenvalue weighted by molar-refractivity contribution is 6.20. The van der Waals surface area contributed by atoms with E-state index in [1.807, 2.05) is 13.8 Å². The molecule has 4 heteroatoms. The fourth-order valence-corrected chi connectivity index (χ4v) is 2.11. The second-order valence-electron chi connectivity index (χ2n) is 3.98. The van der Waals surface area contributed by atoms with E-state index in [1.165, 1.54) is 0 Å². The van der Waals surface area contributed by atoms with Crippen molar-refractivity contribution in [1.82, 2.24) is 4.90 Å². The van der Waals surface area contributed by atoms with Crippen molar-refractivity contribution in [3.05, 3.63) is 0 Å². The molecule has 0 aliphatic heterocycles. The van der Waals surface area contributed by atoms with Gasteiger partial charge >= 0.3 is 0 Å². The maximum absolute atomic E-state index is 9.41. The average molecular weight is 258 g/mol. The van der Waals surface area contributed by atoms with Crippen molar-refractivity contribution in [2.75, 3.05) is 13.1 Å². The van der Waals surface area contributed by atoms with E-state index in [0.29, 0.717) is 6.04 Å². The third kappa shape index (κ3) is 8.32. The number of aliphatic hydroxyl groups excluding tert-OH is 1. The zero-order valence-corrected chi connectivity index (χ0v) is 11.8. The first kappa shape index (κ1) is 17.9. The fourth-order valence-electron chi connectivity index (χ4n) is 1.90. The monoisotopic (exact) mass is 257 g/mol. The van der Waals surface area contributed by atoms with Crippen LogP contribution in [0.1, 0.15) is 40.5 Å². The summed E-state index contributed by atoms with van der Waals surface area (Å²) in [7, 11) is 0. The molecule has 0 aromatic heterocycles. The number of nitrogens with zero attached hydrogens (tertiary/aromatic N) is 1. The highest BCUT2D eigenvalue weighted by Gasteiger charge is 2.19. The van der Waals surface area contributed by atoms with Crippen LogP contribution in [0.15, 0.2) is 0 Å². The summed E-state index contributed by atoms with van der Waals surface area (Å²) in [6.45, 7) is 10.2. The van der Waals surface area contributed by atoms with Crippen LogP contribution >= 0.6 is 24.0 Å². The van der Waals surface area contributed by atoms with E-state index in [1.54, 1.807) is 0 Å². The second kappa shape index (κ2) is 9.71. The molecule has 0 saturated heterocycles. The number of alkyl halides is 1. The maximum atomic E-state index is 9.41. The number of hydrogen-bond donors (Lipinski definition) is 1. The first-order valence-electron chi connectivity index (χ1n) is 5.57. The van der Waals surface area contributed by atoms with E-state index in [4.69, 9.17) is 11.6 Å². The lowest BCUT2D eigenvalue weighted by Gasteiger charge is -2.31. The normalized spacial score (nSPS) is 17.0. The van der Waals surface area contributed by atoms with Gasteiger partial charge in [0.1, 0.15) is 0 Å². The average Bonchev–Trinajstić information content (AvgIpc) is 2.03. The third-order valence-corrected chi connectivity index (χ3v) is 2.72. The van der Waals surface area contributed by atoms with E-state index in [0.717, 1.165) is 25.9 Å². The van der Waals surface area contributed by atoms with Gasteiger partial charge in [-0.1, -0.05) is 13.8 Å². The lowest BCUT2D eigenvalue weighted by molar-refractivity contribution is 0.113. The minimum atomic E-state index is -0.240. The van der Waals surface area contributed by atoms with E-state index < -0.39 is 0 Å². The van der Waals surface area contributed by atoms with Crippen molar-refractivity contribution in [3.63, 3.8) is 0 Å². The Morgan fingerprint density at radius 3 is 1.87 bits per heavy atom. The SMILES string of the molecule is CCN(CC)C(CC(C)O)CC(C)Cl.Cl. The predicted molar refractivity (Wildman–Crippen MR) is 70.2 cm³/mol. The van der Waals surface area contributed by atoms with Crippen LogP contribution in [0.25, 0.3) is 0 Å². The summed E-state index contributed by atoms with van der Waals surface area (Å²) in [6.07, 6.45) is 1.53. The molecule has 0 aromatic carbocycles. The molecule has 0 spiro atoms. The molecule has 94 valence electrons. The molecule has 0 rings (SSSR count). The molecule has 2 nitrogen and oxygen atoms in total. The van der Waals surface area contributed by atoms with Crippen LogP contribution in [-0.2, 0) is 0 Å². The van der Waals surface area contributed by atoms with Gasteiger partial charge in [0.05, 0.1) is 6.10 Å². The molecule has 3 atom stereocenters. The van der Waals surface area contributed by atoms with Crippen LogP contribution in [-0.4, -0.2) is 40.6 Å². The Hall–Kier alpha value is 0.500. The topological polar surface area (TPSA) is 23.5 Å². The highest BCUT2D eigenvalue weighted by atomic mass is 35.5.